The molecule has 2 atom stereocenters. The molecular formula is C11H18N2. The maximum absolute atomic E-state index is 3.10. The summed E-state index contributed by atoms with van der Waals surface area (Å²) in [5.41, 5.74) is 1.40. The monoisotopic (exact) mass is 178 g/mol. The summed E-state index contributed by atoms with van der Waals surface area (Å²) in [6, 6.07) is 2.91. The largest absolute Gasteiger partial charge is 0.367 e. The quantitative estimate of drug-likeness (QED) is 0.736. The molecule has 2 rings (SSSR count). The highest BCUT2D eigenvalue weighted by Gasteiger charge is 2.26. The Hall–Kier alpha value is -0.760. The van der Waals surface area contributed by atoms with Crippen LogP contribution in [0.5, 0.6) is 0 Å². The smallest absolute Gasteiger partial charge is 0.0251 e. The van der Waals surface area contributed by atoms with Crippen LogP contribution in [0.3, 0.4) is 0 Å². The molecule has 1 saturated heterocycles. The van der Waals surface area contributed by atoms with Crippen LogP contribution in [-0.2, 0) is 6.54 Å². The van der Waals surface area contributed by atoms with Crippen LogP contribution in [0, 0.1) is 5.92 Å². The fraction of sp³-hybridized carbons (Fsp3) is 0.636. The molecule has 13 heavy (non-hydrogen) atoms. The number of rotatable bonds is 2. The molecule has 0 amide bonds. The van der Waals surface area contributed by atoms with E-state index >= 15 is 0 Å². The van der Waals surface area contributed by atoms with E-state index in [-0.39, 0.29) is 0 Å². The second-order valence-corrected chi connectivity index (χ2v) is 4.20. The van der Waals surface area contributed by atoms with E-state index in [2.05, 4.69) is 36.0 Å². The summed E-state index contributed by atoms with van der Waals surface area (Å²) in [6.45, 7) is 7.05. The third kappa shape index (κ3) is 1.78. The summed E-state index contributed by atoms with van der Waals surface area (Å²) in [6.07, 6.45) is 5.45. The van der Waals surface area contributed by atoms with Crippen LogP contribution >= 0.6 is 0 Å². The number of aromatic nitrogens is 1. The maximum atomic E-state index is 3.10. The van der Waals surface area contributed by atoms with Gasteiger partial charge in [-0.25, -0.2) is 0 Å². The lowest BCUT2D eigenvalue weighted by Crippen LogP contribution is -2.28. The fourth-order valence-corrected chi connectivity index (χ4v) is 2.09. The lowest BCUT2D eigenvalue weighted by atomic mass is 10.1. The van der Waals surface area contributed by atoms with Crippen molar-refractivity contribution in [3.8, 4) is 0 Å². The molecule has 1 fully saturated rings. The third-order valence-corrected chi connectivity index (χ3v) is 3.32. The van der Waals surface area contributed by atoms with E-state index in [1.807, 2.05) is 6.20 Å². The number of nitrogens with zero attached hydrogens (tertiary/aromatic N) is 1. The molecule has 2 heterocycles. The van der Waals surface area contributed by atoms with Crippen LogP contribution in [0.25, 0.3) is 0 Å². The van der Waals surface area contributed by atoms with Crippen molar-refractivity contribution in [1.82, 2.24) is 9.88 Å². The number of likely N-dealkylation sites (tertiary alicyclic amines) is 1. The van der Waals surface area contributed by atoms with Crippen molar-refractivity contribution in [2.24, 2.45) is 5.92 Å². The molecule has 2 nitrogen and oxygen atoms in total. The summed E-state index contributed by atoms with van der Waals surface area (Å²) in [4.78, 5) is 5.67. The van der Waals surface area contributed by atoms with Crippen molar-refractivity contribution < 1.29 is 0 Å². The maximum Gasteiger partial charge on any atom is 0.0251 e. The van der Waals surface area contributed by atoms with E-state index in [0.717, 1.165) is 18.5 Å². The highest BCUT2D eigenvalue weighted by molar-refractivity contribution is 5.08. The van der Waals surface area contributed by atoms with Gasteiger partial charge in [-0.2, -0.15) is 0 Å². The number of H-pyrrole nitrogens is 1. The van der Waals surface area contributed by atoms with Crippen LogP contribution in [0.4, 0.5) is 0 Å². The standard InChI is InChI=1S/C11H18N2/c1-9-4-6-13(10(9)2)8-11-3-5-12-7-11/h3,5,7,9-10,12H,4,6,8H2,1-2H3. The van der Waals surface area contributed by atoms with Gasteiger partial charge in [-0.15, -0.1) is 0 Å². The lowest BCUT2D eigenvalue weighted by Gasteiger charge is -2.22. The molecule has 1 aliphatic heterocycles. The minimum absolute atomic E-state index is 0.745. The van der Waals surface area contributed by atoms with Gasteiger partial charge in [0.1, 0.15) is 0 Å². The Bertz CT molecular complexity index is 253. The van der Waals surface area contributed by atoms with Crippen LogP contribution in [0.15, 0.2) is 18.5 Å². The summed E-state index contributed by atoms with van der Waals surface area (Å²) in [7, 11) is 0. The molecule has 0 spiro atoms. The molecule has 1 aromatic rings. The normalized spacial score (nSPS) is 29.7. The van der Waals surface area contributed by atoms with Crippen molar-refractivity contribution in [3.05, 3.63) is 24.0 Å². The fourth-order valence-electron chi connectivity index (χ4n) is 2.09. The first kappa shape index (κ1) is 8.82. The van der Waals surface area contributed by atoms with E-state index in [1.54, 1.807) is 0 Å². The van der Waals surface area contributed by atoms with Gasteiger partial charge in [0.05, 0.1) is 0 Å². The van der Waals surface area contributed by atoms with Crippen LogP contribution < -0.4 is 0 Å². The first-order valence-corrected chi connectivity index (χ1v) is 5.13. The first-order valence-electron chi connectivity index (χ1n) is 5.13. The highest BCUT2D eigenvalue weighted by atomic mass is 15.2. The second-order valence-electron chi connectivity index (χ2n) is 4.20. The number of hydrogen-bond donors (Lipinski definition) is 1. The van der Waals surface area contributed by atoms with E-state index in [0.29, 0.717) is 0 Å². The topological polar surface area (TPSA) is 19.0 Å². The molecule has 1 aromatic heterocycles. The Balaban J connectivity index is 1.96. The number of hydrogen-bond acceptors (Lipinski definition) is 1. The summed E-state index contributed by atoms with van der Waals surface area (Å²) in [5, 5.41) is 0. The van der Waals surface area contributed by atoms with Crippen molar-refractivity contribution >= 4 is 0 Å². The van der Waals surface area contributed by atoms with Gasteiger partial charge in [0.2, 0.25) is 0 Å². The molecule has 1 aliphatic rings. The minimum atomic E-state index is 0.745. The third-order valence-electron chi connectivity index (χ3n) is 3.32. The van der Waals surface area contributed by atoms with Gasteiger partial charge >= 0.3 is 0 Å². The average Bonchev–Trinajstić information content (AvgIpc) is 2.71. The molecule has 0 bridgehead atoms. The molecular weight excluding hydrogens is 160 g/mol. The van der Waals surface area contributed by atoms with Crippen molar-refractivity contribution in [2.75, 3.05) is 6.54 Å². The Morgan fingerprint density at radius 3 is 2.92 bits per heavy atom. The Kier molecular flexibility index (Phi) is 2.40. The van der Waals surface area contributed by atoms with E-state index in [4.69, 9.17) is 0 Å². The predicted molar refractivity (Wildman–Crippen MR) is 54.4 cm³/mol. The van der Waals surface area contributed by atoms with Gasteiger partial charge in [-0.3, -0.25) is 4.90 Å². The highest BCUT2D eigenvalue weighted by Crippen LogP contribution is 2.24. The number of aromatic amines is 1. The molecule has 0 saturated carbocycles. The molecule has 2 heteroatoms. The van der Waals surface area contributed by atoms with Gasteiger partial charge in [-0.05, 0) is 37.4 Å². The van der Waals surface area contributed by atoms with Crippen LogP contribution in [0.1, 0.15) is 25.8 Å². The van der Waals surface area contributed by atoms with Gasteiger partial charge in [0, 0.05) is 25.0 Å². The molecule has 0 radical (unpaired) electrons. The van der Waals surface area contributed by atoms with Gasteiger partial charge in [0.25, 0.3) is 0 Å². The summed E-state index contributed by atoms with van der Waals surface area (Å²) in [5.74, 6) is 0.860. The zero-order chi connectivity index (χ0) is 9.26. The summed E-state index contributed by atoms with van der Waals surface area (Å²) < 4.78 is 0. The van der Waals surface area contributed by atoms with Crippen molar-refractivity contribution in [1.29, 1.82) is 0 Å². The molecule has 0 aliphatic carbocycles. The van der Waals surface area contributed by atoms with Crippen LogP contribution in [0.2, 0.25) is 0 Å². The Labute approximate surface area is 79.9 Å². The zero-order valence-corrected chi connectivity index (χ0v) is 8.46. The van der Waals surface area contributed by atoms with Gasteiger partial charge < -0.3 is 4.98 Å². The number of nitrogens with one attached hydrogen (secondary N) is 1. The zero-order valence-electron chi connectivity index (χ0n) is 8.46. The Morgan fingerprint density at radius 2 is 2.38 bits per heavy atom. The predicted octanol–water partition coefficient (Wildman–Crippen LogP) is 2.25. The first-order chi connectivity index (χ1) is 6.27. The second kappa shape index (κ2) is 3.54. The lowest BCUT2D eigenvalue weighted by molar-refractivity contribution is 0.239. The minimum Gasteiger partial charge on any atom is -0.367 e. The Morgan fingerprint density at radius 1 is 1.54 bits per heavy atom. The SMILES string of the molecule is CC1CCN(Cc2cc[nH]c2)C1C. The van der Waals surface area contributed by atoms with Gasteiger partial charge in [-0.1, -0.05) is 6.92 Å². The molecule has 72 valence electrons. The van der Waals surface area contributed by atoms with E-state index in [9.17, 15) is 0 Å². The van der Waals surface area contributed by atoms with Gasteiger partial charge in [0.15, 0.2) is 0 Å². The van der Waals surface area contributed by atoms with E-state index < -0.39 is 0 Å². The molecule has 1 N–H and O–H groups in total. The summed E-state index contributed by atoms with van der Waals surface area (Å²) >= 11 is 0. The average molecular weight is 178 g/mol. The van der Waals surface area contributed by atoms with Crippen molar-refractivity contribution in [2.45, 2.75) is 32.9 Å². The molecule has 2 unspecified atom stereocenters. The van der Waals surface area contributed by atoms with Crippen molar-refractivity contribution in [3.63, 3.8) is 0 Å². The van der Waals surface area contributed by atoms with Crippen LogP contribution in [-0.4, -0.2) is 22.5 Å². The molecule has 0 aromatic carbocycles. The van der Waals surface area contributed by atoms with E-state index in [1.165, 1.54) is 18.5 Å².